The molecule has 200 valence electrons. The summed E-state index contributed by atoms with van der Waals surface area (Å²) in [6.07, 6.45) is 17.6. The Balaban J connectivity index is 1.20. The molecule has 3 unspecified atom stereocenters. The number of imidazole rings is 1. The van der Waals surface area contributed by atoms with Gasteiger partial charge in [0.1, 0.15) is 5.82 Å². The lowest BCUT2D eigenvalue weighted by atomic mass is 9.67. The van der Waals surface area contributed by atoms with E-state index in [9.17, 15) is 4.79 Å². The topological polar surface area (TPSA) is 50.6 Å². The van der Waals surface area contributed by atoms with Crippen LogP contribution in [0.4, 0.5) is 0 Å². The largest absolute Gasteiger partial charge is 0.468 e. The molecule has 1 aromatic heterocycles. The van der Waals surface area contributed by atoms with E-state index in [-0.39, 0.29) is 12.0 Å². The van der Waals surface area contributed by atoms with E-state index in [0.717, 1.165) is 42.8 Å². The highest BCUT2D eigenvalue weighted by atomic mass is 16.5. The van der Waals surface area contributed by atoms with Gasteiger partial charge in [-0.3, -0.25) is 14.6 Å². The van der Waals surface area contributed by atoms with Gasteiger partial charge in [-0.1, -0.05) is 31.4 Å². The third-order valence-electron chi connectivity index (χ3n) is 10.8. The van der Waals surface area contributed by atoms with Gasteiger partial charge >= 0.3 is 5.97 Å². The fraction of sp³-hybridized carbons (Fsp3) is 0.742. The molecule has 2 saturated carbocycles. The molecule has 37 heavy (non-hydrogen) atoms. The molecular weight excluding hydrogens is 460 g/mol. The lowest BCUT2D eigenvalue weighted by Gasteiger charge is -2.56. The molecular formula is C31H44N4O2. The van der Waals surface area contributed by atoms with Gasteiger partial charge in [-0.2, -0.15) is 0 Å². The summed E-state index contributed by atoms with van der Waals surface area (Å²) in [6, 6.07) is 11.7. The van der Waals surface area contributed by atoms with E-state index in [1.54, 1.807) is 0 Å². The second-order valence-electron chi connectivity index (χ2n) is 12.8. The summed E-state index contributed by atoms with van der Waals surface area (Å²) in [7, 11) is 1.50. The van der Waals surface area contributed by atoms with Gasteiger partial charge in [-0.25, -0.2) is 4.98 Å². The van der Waals surface area contributed by atoms with Crippen LogP contribution < -0.4 is 0 Å². The number of nitrogens with zero attached hydrogens (tertiary/aromatic N) is 4. The number of piperidine rings is 2. The van der Waals surface area contributed by atoms with Crippen LogP contribution in [-0.2, 0) is 9.53 Å². The zero-order valence-electron chi connectivity index (χ0n) is 22.6. The number of esters is 1. The second kappa shape index (κ2) is 10.00. The Morgan fingerprint density at radius 1 is 0.919 bits per heavy atom. The van der Waals surface area contributed by atoms with Gasteiger partial charge in [0.05, 0.1) is 30.7 Å². The number of carbonyl (C=O) groups excluding carboxylic acids is 1. The van der Waals surface area contributed by atoms with Crippen molar-refractivity contribution in [1.29, 1.82) is 0 Å². The SMILES string of the molecule is COC(=O)CN1CCC[C@H]1c1nc2ccccc2n1C1C[C@H]2CCC[C@@H](C1)N2C1CCC2CCC[C@@H]1C2. The Bertz CT molecular complexity index is 1120. The van der Waals surface area contributed by atoms with Crippen LogP contribution in [0.3, 0.4) is 0 Å². The van der Waals surface area contributed by atoms with E-state index in [4.69, 9.17) is 9.72 Å². The number of benzene rings is 1. The zero-order chi connectivity index (χ0) is 24.9. The minimum Gasteiger partial charge on any atom is -0.468 e. The molecule has 4 bridgehead atoms. The number of rotatable bonds is 5. The van der Waals surface area contributed by atoms with Gasteiger partial charge in [0.25, 0.3) is 0 Å². The smallest absolute Gasteiger partial charge is 0.319 e. The first-order valence-electron chi connectivity index (χ1n) is 15.2. The molecule has 2 aromatic rings. The molecule has 0 radical (unpaired) electrons. The van der Waals surface area contributed by atoms with Crippen LogP contribution in [0.1, 0.15) is 101 Å². The maximum Gasteiger partial charge on any atom is 0.319 e. The average Bonchev–Trinajstić information content (AvgIpc) is 3.52. The molecule has 3 aliphatic heterocycles. The van der Waals surface area contributed by atoms with E-state index >= 15 is 0 Å². The Morgan fingerprint density at radius 3 is 2.57 bits per heavy atom. The van der Waals surface area contributed by atoms with Crippen molar-refractivity contribution in [1.82, 2.24) is 19.4 Å². The summed E-state index contributed by atoms with van der Waals surface area (Å²) in [5.74, 6) is 3.01. The van der Waals surface area contributed by atoms with Crippen LogP contribution in [0.5, 0.6) is 0 Å². The summed E-state index contributed by atoms with van der Waals surface area (Å²) in [6.45, 7) is 1.30. The minimum absolute atomic E-state index is 0.144. The molecule has 5 fully saturated rings. The summed E-state index contributed by atoms with van der Waals surface area (Å²) >= 11 is 0. The van der Waals surface area contributed by atoms with E-state index in [0.29, 0.717) is 24.7 Å². The summed E-state index contributed by atoms with van der Waals surface area (Å²) < 4.78 is 7.67. The van der Waals surface area contributed by atoms with Crippen LogP contribution >= 0.6 is 0 Å². The van der Waals surface area contributed by atoms with Crippen molar-refractivity contribution in [2.75, 3.05) is 20.2 Å². The molecule has 0 spiro atoms. The quantitative estimate of drug-likeness (QED) is 0.477. The highest BCUT2D eigenvalue weighted by Crippen LogP contribution is 2.49. The minimum atomic E-state index is -0.144. The van der Waals surface area contributed by atoms with Crippen LogP contribution in [-0.4, -0.2) is 63.6 Å². The highest BCUT2D eigenvalue weighted by molar-refractivity contribution is 5.76. The predicted octanol–water partition coefficient (Wildman–Crippen LogP) is 5.87. The third-order valence-corrected chi connectivity index (χ3v) is 10.8. The Morgan fingerprint density at radius 2 is 1.73 bits per heavy atom. The monoisotopic (exact) mass is 504 g/mol. The first kappa shape index (κ1) is 24.1. The Labute approximate surface area is 221 Å². The van der Waals surface area contributed by atoms with Gasteiger partial charge in [-0.05, 0) is 94.7 Å². The normalized spacial score (nSPS) is 36.6. The molecule has 6 heteroatoms. The number of methoxy groups -OCH3 is 1. The average molecular weight is 505 g/mol. The standard InChI is InChI=1S/C31H44N4O2/c1-37-30(36)20-33-16-6-13-29(33)31-32-26-11-2-3-12-28(26)35(31)25-18-23-9-5-10-24(19-25)34(23)27-15-14-21-7-4-8-22(27)17-21/h2-3,11-12,21-25,27,29H,4-10,13-20H2,1H3/t21?,22-,23-,24+,25?,27?,29+/m1/s1. The predicted molar refractivity (Wildman–Crippen MR) is 145 cm³/mol. The maximum atomic E-state index is 12.2. The second-order valence-corrected chi connectivity index (χ2v) is 12.8. The number of hydrogen-bond acceptors (Lipinski definition) is 5. The molecule has 2 aliphatic carbocycles. The first-order chi connectivity index (χ1) is 18.2. The number of aromatic nitrogens is 2. The number of ether oxygens (including phenoxy) is 1. The third kappa shape index (κ3) is 4.32. The van der Waals surface area contributed by atoms with E-state index in [1.807, 2.05) is 0 Å². The van der Waals surface area contributed by atoms with Gasteiger partial charge in [0.2, 0.25) is 0 Å². The number of hydrogen-bond donors (Lipinski definition) is 0. The van der Waals surface area contributed by atoms with Crippen molar-refractivity contribution in [2.45, 2.75) is 114 Å². The van der Waals surface area contributed by atoms with Crippen LogP contribution in [0.25, 0.3) is 11.0 Å². The van der Waals surface area contributed by atoms with Crippen molar-refractivity contribution in [3.8, 4) is 0 Å². The van der Waals surface area contributed by atoms with E-state index < -0.39 is 0 Å². The summed E-state index contributed by atoms with van der Waals surface area (Å²) in [5.41, 5.74) is 2.39. The molecule has 6 nitrogen and oxygen atoms in total. The highest BCUT2D eigenvalue weighted by Gasteiger charge is 2.47. The lowest BCUT2D eigenvalue weighted by Crippen LogP contribution is -2.59. The molecule has 0 N–H and O–H groups in total. The van der Waals surface area contributed by atoms with Crippen LogP contribution in [0.2, 0.25) is 0 Å². The van der Waals surface area contributed by atoms with Crippen molar-refractivity contribution < 1.29 is 9.53 Å². The van der Waals surface area contributed by atoms with Crippen molar-refractivity contribution in [2.24, 2.45) is 11.8 Å². The Kier molecular flexibility index (Phi) is 6.52. The van der Waals surface area contributed by atoms with Crippen molar-refractivity contribution >= 4 is 17.0 Å². The fourth-order valence-electron chi connectivity index (χ4n) is 9.34. The number of fused-ring (bicyclic) bond motifs is 5. The van der Waals surface area contributed by atoms with Crippen molar-refractivity contribution in [3.05, 3.63) is 30.1 Å². The molecule has 1 aromatic carbocycles. The number of para-hydroxylation sites is 2. The van der Waals surface area contributed by atoms with E-state index in [1.165, 1.54) is 89.1 Å². The number of carbonyl (C=O) groups is 1. The Hall–Kier alpha value is -1.92. The maximum absolute atomic E-state index is 12.2. The van der Waals surface area contributed by atoms with Crippen molar-refractivity contribution in [3.63, 3.8) is 0 Å². The lowest BCUT2D eigenvalue weighted by molar-refractivity contribution is -0.142. The van der Waals surface area contributed by atoms with Gasteiger partial charge in [0.15, 0.2) is 0 Å². The van der Waals surface area contributed by atoms with E-state index in [2.05, 4.69) is 38.6 Å². The number of likely N-dealkylation sites (tertiary alicyclic amines) is 1. The van der Waals surface area contributed by atoms with Gasteiger partial charge in [0, 0.05) is 24.2 Å². The van der Waals surface area contributed by atoms with Gasteiger partial charge < -0.3 is 9.30 Å². The zero-order valence-corrected chi connectivity index (χ0v) is 22.6. The first-order valence-corrected chi connectivity index (χ1v) is 15.2. The summed E-state index contributed by atoms with van der Waals surface area (Å²) in [4.78, 5) is 22.8. The van der Waals surface area contributed by atoms with Gasteiger partial charge in [-0.15, -0.1) is 0 Å². The van der Waals surface area contributed by atoms with Crippen LogP contribution in [0.15, 0.2) is 24.3 Å². The molecule has 4 heterocycles. The summed E-state index contributed by atoms with van der Waals surface area (Å²) in [5, 5.41) is 0. The van der Waals surface area contributed by atoms with Crippen LogP contribution in [0, 0.1) is 11.8 Å². The molecule has 7 rings (SSSR count). The fourth-order valence-corrected chi connectivity index (χ4v) is 9.34. The molecule has 3 saturated heterocycles. The molecule has 0 amide bonds. The molecule has 7 atom stereocenters. The molecule has 5 aliphatic rings.